The van der Waals surface area contributed by atoms with E-state index in [0.717, 1.165) is 18.2 Å². The van der Waals surface area contributed by atoms with Crippen LogP contribution >= 0.6 is 0 Å². The first kappa shape index (κ1) is 49.2. The molecule has 4 heterocycles. The number of hydrogen-bond donors (Lipinski definition) is 13. The van der Waals surface area contributed by atoms with Gasteiger partial charge in [0.1, 0.15) is 95.4 Å². The fraction of sp³-hybridized carbons (Fsp3) is 0.442. The van der Waals surface area contributed by atoms with Crippen LogP contribution in [-0.2, 0) is 23.7 Å². The van der Waals surface area contributed by atoms with Gasteiger partial charge < -0.3 is 109 Å². The Labute approximate surface area is 377 Å². The third-order valence-corrected chi connectivity index (χ3v) is 11.2. The van der Waals surface area contributed by atoms with E-state index >= 15 is 0 Å². The number of aliphatic hydroxyl groups excluding tert-OH is 11. The molecular formula is C43H48O24. The van der Waals surface area contributed by atoms with Crippen LogP contribution in [0.5, 0.6) is 34.5 Å². The molecule has 24 nitrogen and oxygen atoms in total. The minimum Gasteiger partial charge on any atom is -0.507 e. The Morgan fingerprint density at radius 3 is 1.76 bits per heavy atom. The molecule has 67 heavy (non-hydrogen) atoms. The first-order valence-corrected chi connectivity index (χ1v) is 20.4. The second kappa shape index (κ2) is 20.7. The highest BCUT2D eigenvalue weighted by atomic mass is 16.7. The van der Waals surface area contributed by atoms with E-state index in [2.05, 4.69) is 0 Å². The topological polar surface area (TPSA) is 384 Å². The van der Waals surface area contributed by atoms with Crippen molar-refractivity contribution in [3.05, 3.63) is 76.5 Å². The van der Waals surface area contributed by atoms with Crippen LogP contribution in [0.25, 0.3) is 28.4 Å². The zero-order valence-electron chi connectivity index (χ0n) is 34.9. The summed E-state index contributed by atoms with van der Waals surface area (Å²) in [5.41, 5.74) is -1.13. The zero-order valence-corrected chi connectivity index (χ0v) is 34.9. The van der Waals surface area contributed by atoms with Crippen LogP contribution in [0.15, 0.2) is 69.9 Å². The van der Waals surface area contributed by atoms with Crippen LogP contribution in [-0.4, -0.2) is 191 Å². The van der Waals surface area contributed by atoms with Gasteiger partial charge in [-0.2, -0.15) is 0 Å². The fourth-order valence-electron chi connectivity index (χ4n) is 7.43. The molecule has 0 spiro atoms. The second-order valence-corrected chi connectivity index (χ2v) is 15.6. The number of rotatable bonds is 14. The van der Waals surface area contributed by atoms with Gasteiger partial charge in [-0.05, 0) is 48.0 Å². The van der Waals surface area contributed by atoms with E-state index in [1.807, 2.05) is 0 Å². The van der Waals surface area contributed by atoms with Crippen LogP contribution in [0.2, 0.25) is 0 Å². The van der Waals surface area contributed by atoms with Crippen molar-refractivity contribution in [3.63, 3.8) is 0 Å². The van der Waals surface area contributed by atoms with Crippen molar-refractivity contribution >= 4 is 23.0 Å². The molecule has 0 saturated carbocycles. The largest absolute Gasteiger partial charge is 0.507 e. The maximum Gasteiger partial charge on any atom is 0.331 e. The predicted molar refractivity (Wildman–Crippen MR) is 220 cm³/mol. The maximum atomic E-state index is 14.3. The van der Waals surface area contributed by atoms with E-state index in [4.69, 9.17) is 42.3 Å². The van der Waals surface area contributed by atoms with E-state index in [1.54, 1.807) is 0 Å². The number of aliphatic hydroxyl groups is 11. The molecule has 0 radical (unpaired) electrons. The number of phenols is 2. The Kier molecular flexibility index (Phi) is 15.2. The van der Waals surface area contributed by atoms with Gasteiger partial charge in [0, 0.05) is 23.8 Å². The smallest absolute Gasteiger partial charge is 0.331 e. The lowest BCUT2D eigenvalue weighted by molar-refractivity contribution is -0.281. The van der Waals surface area contributed by atoms with E-state index in [1.165, 1.54) is 55.7 Å². The predicted octanol–water partition coefficient (Wildman–Crippen LogP) is -3.32. The molecule has 0 bridgehead atoms. The lowest BCUT2D eigenvalue weighted by atomic mass is 9.99. The second-order valence-electron chi connectivity index (χ2n) is 15.6. The lowest BCUT2D eigenvalue weighted by Crippen LogP contribution is -2.61. The molecule has 24 heteroatoms. The third kappa shape index (κ3) is 10.1. The van der Waals surface area contributed by atoms with Crippen molar-refractivity contribution in [2.24, 2.45) is 0 Å². The number of benzene rings is 3. The number of methoxy groups -OCH3 is 1. The number of carbonyl (C=O) groups excluding carboxylic acids is 1. The molecule has 0 aliphatic carbocycles. The highest BCUT2D eigenvalue weighted by molar-refractivity contribution is 5.89. The monoisotopic (exact) mass is 948 g/mol. The molecule has 3 aliphatic rings. The average molecular weight is 949 g/mol. The summed E-state index contributed by atoms with van der Waals surface area (Å²) in [7, 11) is 1.32. The summed E-state index contributed by atoms with van der Waals surface area (Å²) < 4.78 is 50.5. The Hall–Kier alpha value is -5.68. The van der Waals surface area contributed by atoms with E-state index in [-0.39, 0.29) is 28.6 Å². The summed E-state index contributed by atoms with van der Waals surface area (Å²) in [6.07, 6.45) is -23.8. The highest BCUT2D eigenvalue weighted by Crippen LogP contribution is 2.39. The molecule has 3 aromatic carbocycles. The van der Waals surface area contributed by atoms with Crippen LogP contribution in [0.1, 0.15) is 5.56 Å². The van der Waals surface area contributed by atoms with Gasteiger partial charge in [-0.25, -0.2) is 4.79 Å². The number of hydrogen-bond acceptors (Lipinski definition) is 24. The maximum absolute atomic E-state index is 14.3. The standard InChI is InChI=1S/C43H48O24/c1-59-22-10-16(2-8-20(22)47)3-9-27(49)66-40-35(56)31(52)26(15-46)65-43(40)61-19-11-21(48)28-23(12-19)62-38(39(32(28)53)67-42-37(58)34(55)30(51)25(14-45)64-42)17-4-6-18(7-5-17)60-41-36(57)33(54)29(50)24(13-44)63-41/h2-12,24-26,29-31,33-37,40-48,50-52,54-58H,13-15H2,1H3/t24-,25-,26-,29-,30-,31-,33+,34+,35+,36-,37-,40-,41-,42+,43-/m1/s1. The minimum atomic E-state index is -2.01. The number of fused-ring (bicyclic) bond motifs is 1. The molecule has 0 unspecified atom stereocenters. The fourth-order valence-corrected chi connectivity index (χ4v) is 7.43. The molecule has 7 rings (SSSR count). The summed E-state index contributed by atoms with van der Waals surface area (Å²) in [5.74, 6) is -3.52. The van der Waals surface area contributed by atoms with Crippen molar-refractivity contribution in [1.29, 1.82) is 0 Å². The number of esters is 1. The van der Waals surface area contributed by atoms with E-state index < -0.39 is 152 Å². The van der Waals surface area contributed by atoms with E-state index in [0.29, 0.717) is 5.56 Å². The molecule has 1 aromatic heterocycles. The number of carbonyl (C=O) groups is 1. The van der Waals surface area contributed by atoms with Gasteiger partial charge >= 0.3 is 5.97 Å². The molecule has 15 atom stereocenters. The molecule has 3 fully saturated rings. The minimum absolute atomic E-state index is 0.00912. The van der Waals surface area contributed by atoms with Crippen molar-refractivity contribution < 1.29 is 113 Å². The molecular weight excluding hydrogens is 900 g/mol. The van der Waals surface area contributed by atoms with Crippen LogP contribution in [0, 0.1) is 0 Å². The Morgan fingerprint density at radius 1 is 0.627 bits per heavy atom. The summed E-state index contributed by atoms with van der Waals surface area (Å²) in [6, 6.07) is 11.3. The van der Waals surface area contributed by atoms with Gasteiger partial charge in [-0.15, -0.1) is 0 Å². The summed E-state index contributed by atoms with van der Waals surface area (Å²) in [5, 5.41) is 134. The molecule has 4 aromatic rings. The highest BCUT2D eigenvalue weighted by Gasteiger charge is 2.49. The van der Waals surface area contributed by atoms with Crippen molar-refractivity contribution in [1.82, 2.24) is 0 Å². The summed E-state index contributed by atoms with van der Waals surface area (Å²) in [4.78, 5) is 27.4. The van der Waals surface area contributed by atoms with Gasteiger partial charge in [0.2, 0.25) is 30.0 Å². The number of phenolic OH excluding ortho intramolecular Hbond substituents is 2. The average Bonchev–Trinajstić information content (AvgIpc) is 3.32. The van der Waals surface area contributed by atoms with Gasteiger partial charge in [0.15, 0.2) is 23.4 Å². The van der Waals surface area contributed by atoms with E-state index in [9.17, 15) is 76.0 Å². The number of ether oxygens (including phenoxy) is 8. The van der Waals surface area contributed by atoms with Crippen LogP contribution in [0.3, 0.4) is 0 Å². The molecule has 3 saturated heterocycles. The molecule has 364 valence electrons. The number of aromatic hydroxyl groups is 2. The van der Waals surface area contributed by atoms with Gasteiger partial charge in [-0.3, -0.25) is 4.79 Å². The Balaban J connectivity index is 1.23. The van der Waals surface area contributed by atoms with Crippen molar-refractivity contribution in [2.75, 3.05) is 26.9 Å². The van der Waals surface area contributed by atoms with Crippen molar-refractivity contribution in [3.8, 4) is 45.8 Å². The third-order valence-electron chi connectivity index (χ3n) is 11.2. The zero-order chi connectivity index (χ0) is 48.4. The van der Waals surface area contributed by atoms with Gasteiger partial charge in [0.05, 0.1) is 26.9 Å². The quantitative estimate of drug-likeness (QED) is 0.0434. The first-order chi connectivity index (χ1) is 32.0. The Bertz CT molecular complexity index is 2440. The van der Waals surface area contributed by atoms with Gasteiger partial charge in [0.25, 0.3) is 0 Å². The molecule has 13 N–H and O–H groups in total. The summed E-state index contributed by atoms with van der Waals surface area (Å²) >= 11 is 0. The van der Waals surface area contributed by atoms with Gasteiger partial charge in [-0.1, -0.05) is 6.07 Å². The van der Waals surface area contributed by atoms with Crippen LogP contribution < -0.4 is 24.4 Å². The van der Waals surface area contributed by atoms with Crippen molar-refractivity contribution in [2.45, 2.75) is 92.1 Å². The first-order valence-electron chi connectivity index (χ1n) is 20.4. The molecule has 3 aliphatic heterocycles. The molecule has 0 amide bonds. The Morgan fingerprint density at radius 2 is 1.18 bits per heavy atom. The van der Waals surface area contributed by atoms with Crippen LogP contribution in [0.4, 0.5) is 0 Å². The lowest BCUT2D eigenvalue weighted by Gasteiger charge is -2.41. The normalized spacial score (nSPS) is 32.2. The SMILES string of the molecule is COc1cc(C=CC(=O)O[C@H]2[C@H](Oc3cc(O)c4c(=O)c(O[C@@H]5O[C@H](CO)[C@@H](O)[C@H](O)[C@H]5O)c(-c5ccc(O[C@@H]6O[C@H](CO)[C@@H](O)[C@H](O)[C@H]6O)cc5)oc4c3)O[C@H](CO)[C@@H](O)[C@@H]2O)ccc1O. The summed E-state index contributed by atoms with van der Waals surface area (Å²) in [6.45, 7) is -2.42.